The zero-order valence-electron chi connectivity index (χ0n) is 8.52. The van der Waals surface area contributed by atoms with Gasteiger partial charge in [0.1, 0.15) is 0 Å². The molecule has 0 bridgehead atoms. The summed E-state index contributed by atoms with van der Waals surface area (Å²) in [5.41, 5.74) is 1.07. The predicted octanol–water partition coefficient (Wildman–Crippen LogP) is 1.91. The summed E-state index contributed by atoms with van der Waals surface area (Å²) in [5, 5.41) is 17.0. The van der Waals surface area contributed by atoms with E-state index in [4.69, 9.17) is 14.9 Å². The van der Waals surface area contributed by atoms with E-state index in [-0.39, 0.29) is 0 Å². The zero-order valence-corrected chi connectivity index (χ0v) is 8.52. The van der Waals surface area contributed by atoms with Gasteiger partial charge in [-0.3, -0.25) is 4.90 Å². The molecule has 15 heavy (non-hydrogen) atoms. The first-order valence-electron chi connectivity index (χ1n) is 4.84. The zero-order chi connectivity index (χ0) is 10.9. The van der Waals surface area contributed by atoms with Gasteiger partial charge in [-0.1, -0.05) is 0 Å². The molecule has 0 fully saturated rings. The van der Waals surface area contributed by atoms with Crippen LogP contribution < -0.4 is 0 Å². The van der Waals surface area contributed by atoms with Crippen LogP contribution in [-0.4, -0.2) is 18.0 Å². The van der Waals surface area contributed by atoms with Gasteiger partial charge >= 0.3 is 0 Å². The maximum absolute atomic E-state index is 8.51. The Balaban J connectivity index is 2.42. The number of nitriles is 2. The highest BCUT2D eigenvalue weighted by Crippen LogP contribution is 2.06. The lowest BCUT2D eigenvalue weighted by Crippen LogP contribution is -2.25. The van der Waals surface area contributed by atoms with E-state index in [0.717, 1.165) is 12.1 Å². The molecule has 0 N–H and O–H groups in total. The van der Waals surface area contributed by atoms with Gasteiger partial charge in [-0.15, -0.1) is 0 Å². The lowest BCUT2D eigenvalue weighted by Gasteiger charge is -2.18. The molecule has 78 valence electrons. The third-order valence-corrected chi connectivity index (χ3v) is 2.07. The lowest BCUT2D eigenvalue weighted by molar-refractivity contribution is 0.277. The Kier molecular flexibility index (Phi) is 5.00. The maximum atomic E-state index is 8.51. The molecule has 0 radical (unpaired) electrons. The molecule has 0 aromatic carbocycles. The highest BCUT2D eigenvalue weighted by Gasteiger charge is 2.05. The lowest BCUT2D eigenvalue weighted by atomic mass is 10.3. The van der Waals surface area contributed by atoms with E-state index in [2.05, 4.69) is 17.0 Å². The number of nitrogens with zero attached hydrogens (tertiary/aromatic N) is 3. The van der Waals surface area contributed by atoms with Crippen LogP contribution in [0.25, 0.3) is 0 Å². The molecule has 4 nitrogen and oxygen atoms in total. The van der Waals surface area contributed by atoms with Gasteiger partial charge < -0.3 is 4.42 Å². The van der Waals surface area contributed by atoms with Crippen LogP contribution >= 0.6 is 0 Å². The first kappa shape index (κ1) is 11.3. The van der Waals surface area contributed by atoms with Crippen molar-refractivity contribution in [1.29, 1.82) is 10.5 Å². The maximum Gasteiger partial charge on any atom is 0.0947 e. The molecule has 1 aromatic heterocycles. The van der Waals surface area contributed by atoms with Crippen molar-refractivity contribution in [2.45, 2.75) is 19.4 Å². The molecule has 0 saturated carbocycles. The van der Waals surface area contributed by atoms with Crippen molar-refractivity contribution in [3.8, 4) is 12.1 Å². The van der Waals surface area contributed by atoms with Gasteiger partial charge in [-0.2, -0.15) is 10.5 Å². The summed E-state index contributed by atoms with van der Waals surface area (Å²) in [5.74, 6) is 0. The highest BCUT2D eigenvalue weighted by atomic mass is 16.3. The molecule has 0 aliphatic heterocycles. The summed E-state index contributed by atoms with van der Waals surface area (Å²) in [4.78, 5) is 2.08. The van der Waals surface area contributed by atoms with Gasteiger partial charge in [-0.25, -0.2) is 0 Å². The summed E-state index contributed by atoms with van der Waals surface area (Å²) in [6, 6.07) is 6.11. The number of furan rings is 1. The minimum atomic E-state index is 0.489. The van der Waals surface area contributed by atoms with Gasteiger partial charge in [0.15, 0.2) is 0 Å². The molecular weight excluding hydrogens is 190 g/mol. The Labute approximate surface area is 89.3 Å². The Morgan fingerprint density at radius 2 is 1.87 bits per heavy atom. The van der Waals surface area contributed by atoms with Crippen LogP contribution in [0.4, 0.5) is 0 Å². The van der Waals surface area contributed by atoms with Crippen molar-refractivity contribution in [2.75, 3.05) is 13.1 Å². The van der Waals surface area contributed by atoms with Crippen molar-refractivity contribution in [1.82, 2.24) is 4.90 Å². The second-order valence-electron chi connectivity index (χ2n) is 3.22. The van der Waals surface area contributed by atoms with Crippen LogP contribution in [0.3, 0.4) is 0 Å². The molecule has 0 unspecified atom stereocenters. The summed E-state index contributed by atoms with van der Waals surface area (Å²) >= 11 is 0. The third kappa shape index (κ3) is 4.30. The van der Waals surface area contributed by atoms with Gasteiger partial charge in [0, 0.05) is 38.0 Å². The van der Waals surface area contributed by atoms with E-state index < -0.39 is 0 Å². The minimum absolute atomic E-state index is 0.489. The van der Waals surface area contributed by atoms with Crippen molar-refractivity contribution < 1.29 is 4.42 Å². The van der Waals surface area contributed by atoms with Crippen LogP contribution in [0.1, 0.15) is 18.4 Å². The van der Waals surface area contributed by atoms with E-state index in [0.29, 0.717) is 25.9 Å². The monoisotopic (exact) mass is 203 g/mol. The molecule has 0 spiro atoms. The van der Waals surface area contributed by atoms with Crippen molar-refractivity contribution >= 4 is 0 Å². The quantitative estimate of drug-likeness (QED) is 0.708. The van der Waals surface area contributed by atoms with E-state index in [1.165, 1.54) is 0 Å². The topological polar surface area (TPSA) is 64.0 Å². The summed E-state index contributed by atoms with van der Waals surface area (Å²) in [7, 11) is 0. The van der Waals surface area contributed by atoms with Crippen molar-refractivity contribution in [3.63, 3.8) is 0 Å². The molecule has 0 atom stereocenters. The summed E-state index contributed by atoms with van der Waals surface area (Å²) in [6.07, 6.45) is 4.29. The van der Waals surface area contributed by atoms with Crippen molar-refractivity contribution in [2.24, 2.45) is 0 Å². The Morgan fingerprint density at radius 1 is 1.20 bits per heavy atom. The van der Waals surface area contributed by atoms with E-state index >= 15 is 0 Å². The first-order chi connectivity index (χ1) is 7.36. The predicted molar refractivity (Wildman–Crippen MR) is 54.4 cm³/mol. The largest absolute Gasteiger partial charge is 0.472 e. The highest BCUT2D eigenvalue weighted by molar-refractivity contribution is 5.05. The Bertz CT molecular complexity index is 327. The first-order valence-corrected chi connectivity index (χ1v) is 4.84. The van der Waals surface area contributed by atoms with Crippen LogP contribution in [0.2, 0.25) is 0 Å². The van der Waals surface area contributed by atoms with Crippen LogP contribution in [-0.2, 0) is 6.54 Å². The fourth-order valence-electron chi connectivity index (χ4n) is 1.33. The van der Waals surface area contributed by atoms with Gasteiger partial charge in [0.05, 0.1) is 24.7 Å². The molecule has 1 heterocycles. The summed E-state index contributed by atoms with van der Waals surface area (Å²) < 4.78 is 4.97. The summed E-state index contributed by atoms with van der Waals surface area (Å²) in [6.45, 7) is 2.13. The fraction of sp³-hybridized carbons (Fsp3) is 0.455. The van der Waals surface area contributed by atoms with Crippen LogP contribution in [0.15, 0.2) is 23.0 Å². The normalized spacial score (nSPS) is 9.80. The van der Waals surface area contributed by atoms with E-state index in [9.17, 15) is 0 Å². The van der Waals surface area contributed by atoms with Gasteiger partial charge in [0.25, 0.3) is 0 Å². The van der Waals surface area contributed by atoms with Crippen molar-refractivity contribution in [3.05, 3.63) is 24.2 Å². The second kappa shape index (κ2) is 6.64. The molecule has 1 aromatic rings. The molecule has 0 saturated heterocycles. The smallest absolute Gasteiger partial charge is 0.0947 e. The Hall–Kier alpha value is -1.78. The molecule has 1 rings (SSSR count). The molecule has 0 aliphatic carbocycles. The SMILES string of the molecule is N#CCCN(CCC#N)Cc1ccoc1. The molecular formula is C11H13N3O. The van der Waals surface area contributed by atoms with Crippen LogP contribution in [0, 0.1) is 22.7 Å². The minimum Gasteiger partial charge on any atom is -0.472 e. The molecule has 0 amide bonds. The van der Waals surface area contributed by atoms with Gasteiger partial charge in [-0.05, 0) is 6.07 Å². The standard InChI is InChI=1S/C11H13N3O/c12-4-1-6-14(7-2-5-13)9-11-3-8-15-10-11/h3,8,10H,1-2,6-7,9H2. The number of hydrogen-bond acceptors (Lipinski definition) is 4. The van der Waals surface area contributed by atoms with Gasteiger partial charge in [0.2, 0.25) is 0 Å². The fourth-order valence-corrected chi connectivity index (χ4v) is 1.33. The number of hydrogen-bond donors (Lipinski definition) is 0. The second-order valence-corrected chi connectivity index (χ2v) is 3.22. The third-order valence-electron chi connectivity index (χ3n) is 2.07. The average Bonchev–Trinajstić information content (AvgIpc) is 2.74. The molecule has 4 heteroatoms. The number of rotatable bonds is 6. The van der Waals surface area contributed by atoms with Crippen LogP contribution in [0.5, 0.6) is 0 Å². The Morgan fingerprint density at radius 3 is 2.33 bits per heavy atom. The average molecular weight is 203 g/mol. The molecule has 0 aliphatic rings. The van der Waals surface area contributed by atoms with E-state index in [1.54, 1.807) is 12.5 Å². The van der Waals surface area contributed by atoms with E-state index in [1.807, 2.05) is 6.07 Å².